The van der Waals surface area contributed by atoms with Gasteiger partial charge in [0, 0.05) is 63.7 Å². The molecule has 2 amide bonds. The van der Waals surface area contributed by atoms with Gasteiger partial charge < -0.3 is 23.5 Å². The Morgan fingerprint density at radius 3 is 2.39 bits per heavy atom. The molecule has 8 heteroatoms. The number of oxazole rings is 1. The molecule has 0 atom stereocenters. The van der Waals surface area contributed by atoms with Gasteiger partial charge in [-0.25, -0.2) is 4.98 Å². The SMILES string of the molecule is COCCCn1c(C)cc(C(=O)N2CCC(c3nc(C(=O)N4CCCC4)c(C)o3)CC2)c1C. The summed E-state index contributed by atoms with van der Waals surface area (Å²) >= 11 is 0. The van der Waals surface area contributed by atoms with Crippen LogP contribution in [0.15, 0.2) is 10.5 Å². The molecule has 2 aromatic rings. The number of ether oxygens (including phenoxy) is 1. The first-order valence-electron chi connectivity index (χ1n) is 12.1. The highest BCUT2D eigenvalue weighted by molar-refractivity contribution is 5.96. The Labute approximate surface area is 195 Å². The summed E-state index contributed by atoms with van der Waals surface area (Å²) in [7, 11) is 1.71. The van der Waals surface area contributed by atoms with Crippen molar-refractivity contribution in [3.8, 4) is 0 Å². The van der Waals surface area contributed by atoms with Gasteiger partial charge in [0.05, 0.1) is 5.56 Å². The second-order valence-electron chi connectivity index (χ2n) is 9.31. The molecular formula is C25H36N4O4. The highest BCUT2D eigenvalue weighted by atomic mass is 16.5. The summed E-state index contributed by atoms with van der Waals surface area (Å²) < 4.78 is 13.3. The Balaban J connectivity index is 1.38. The molecule has 4 heterocycles. The van der Waals surface area contributed by atoms with Crippen LogP contribution in [0.25, 0.3) is 0 Å². The molecule has 2 aliphatic rings. The predicted molar refractivity (Wildman–Crippen MR) is 125 cm³/mol. The van der Waals surface area contributed by atoms with Gasteiger partial charge in [0.1, 0.15) is 5.76 Å². The molecule has 0 saturated carbocycles. The van der Waals surface area contributed by atoms with E-state index in [1.165, 1.54) is 0 Å². The third-order valence-electron chi connectivity index (χ3n) is 7.07. The number of amides is 2. The molecule has 2 aliphatic heterocycles. The maximum Gasteiger partial charge on any atom is 0.276 e. The Morgan fingerprint density at radius 1 is 1.06 bits per heavy atom. The zero-order valence-corrected chi connectivity index (χ0v) is 20.4. The zero-order valence-electron chi connectivity index (χ0n) is 20.4. The largest absolute Gasteiger partial charge is 0.445 e. The molecule has 8 nitrogen and oxygen atoms in total. The summed E-state index contributed by atoms with van der Waals surface area (Å²) in [5.74, 6) is 1.44. The first-order chi connectivity index (χ1) is 15.9. The molecular weight excluding hydrogens is 420 g/mol. The Kier molecular flexibility index (Phi) is 7.22. The number of rotatable bonds is 7. The number of likely N-dealkylation sites (tertiary alicyclic amines) is 2. The van der Waals surface area contributed by atoms with E-state index in [2.05, 4.69) is 16.5 Å². The van der Waals surface area contributed by atoms with Crippen molar-refractivity contribution in [2.75, 3.05) is 39.9 Å². The summed E-state index contributed by atoms with van der Waals surface area (Å²) in [4.78, 5) is 34.4. The van der Waals surface area contributed by atoms with Gasteiger partial charge in [0.15, 0.2) is 11.6 Å². The topological polar surface area (TPSA) is 80.8 Å². The third-order valence-corrected chi connectivity index (χ3v) is 7.07. The van der Waals surface area contributed by atoms with Crippen molar-refractivity contribution >= 4 is 11.8 Å². The summed E-state index contributed by atoms with van der Waals surface area (Å²) in [6.07, 6.45) is 4.60. The van der Waals surface area contributed by atoms with Gasteiger partial charge in [0.25, 0.3) is 11.8 Å². The van der Waals surface area contributed by atoms with Crippen molar-refractivity contribution in [2.45, 2.75) is 65.3 Å². The number of carbonyl (C=O) groups is 2. The molecule has 2 saturated heterocycles. The van der Waals surface area contributed by atoms with Crippen molar-refractivity contribution in [1.29, 1.82) is 0 Å². The van der Waals surface area contributed by atoms with Gasteiger partial charge >= 0.3 is 0 Å². The lowest BCUT2D eigenvalue weighted by molar-refractivity contribution is 0.0704. The number of nitrogens with zero attached hydrogens (tertiary/aromatic N) is 4. The number of methoxy groups -OCH3 is 1. The van der Waals surface area contributed by atoms with Gasteiger partial charge in [-0.3, -0.25) is 9.59 Å². The van der Waals surface area contributed by atoms with E-state index in [1.807, 2.05) is 29.7 Å². The average Bonchev–Trinajstić information content (AvgIpc) is 3.54. The molecule has 0 radical (unpaired) electrons. The quantitative estimate of drug-likeness (QED) is 0.594. The van der Waals surface area contributed by atoms with E-state index in [4.69, 9.17) is 9.15 Å². The van der Waals surface area contributed by atoms with Crippen LogP contribution in [0.2, 0.25) is 0 Å². The molecule has 0 unspecified atom stereocenters. The molecule has 180 valence electrons. The lowest BCUT2D eigenvalue weighted by Gasteiger charge is -2.30. The monoisotopic (exact) mass is 456 g/mol. The summed E-state index contributed by atoms with van der Waals surface area (Å²) in [5, 5.41) is 0. The van der Waals surface area contributed by atoms with Crippen molar-refractivity contribution in [3.63, 3.8) is 0 Å². The van der Waals surface area contributed by atoms with Crippen LogP contribution in [0.3, 0.4) is 0 Å². The molecule has 33 heavy (non-hydrogen) atoms. The highest BCUT2D eigenvalue weighted by Crippen LogP contribution is 2.30. The van der Waals surface area contributed by atoms with Crippen LogP contribution in [-0.4, -0.2) is 71.1 Å². The van der Waals surface area contributed by atoms with E-state index in [1.54, 1.807) is 7.11 Å². The molecule has 0 N–H and O–H groups in total. The third kappa shape index (κ3) is 4.86. The maximum atomic E-state index is 13.3. The molecule has 2 fully saturated rings. The minimum absolute atomic E-state index is 0.0199. The second-order valence-corrected chi connectivity index (χ2v) is 9.31. The van der Waals surface area contributed by atoms with Crippen molar-refractivity contribution in [2.24, 2.45) is 0 Å². The van der Waals surface area contributed by atoms with Crippen molar-refractivity contribution < 1.29 is 18.7 Å². The second kappa shape index (κ2) is 10.1. The van der Waals surface area contributed by atoms with Crippen LogP contribution in [0.4, 0.5) is 0 Å². The van der Waals surface area contributed by atoms with Crippen LogP contribution in [0.1, 0.15) is 81.9 Å². The number of aromatic nitrogens is 2. The average molecular weight is 457 g/mol. The maximum absolute atomic E-state index is 13.3. The molecule has 0 bridgehead atoms. The predicted octanol–water partition coefficient (Wildman–Crippen LogP) is 3.69. The van der Waals surface area contributed by atoms with Gasteiger partial charge in [-0.15, -0.1) is 0 Å². The van der Waals surface area contributed by atoms with Crippen LogP contribution >= 0.6 is 0 Å². The van der Waals surface area contributed by atoms with Gasteiger partial charge in [0.2, 0.25) is 0 Å². The Bertz CT molecular complexity index is 994. The smallest absolute Gasteiger partial charge is 0.276 e. The van der Waals surface area contributed by atoms with E-state index >= 15 is 0 Å². The number of aryl methyl sites for hydroxylation is 2. The van der Waals surface area contributed by atoms with E-state index in [0.29, 0.717) is 37.0 Å². The Morgan fingerprint density at radius 2 is 1.73 bits per heavy atom. The summed E-state index contributed by atoms with van der Waals surface area (Å²) in [6, 6.07) is 2.00. The standard InChI is InChI=1S/C25H36N4O4/c1-17-16-21(18(2)29(17)12-7-15-32-4)24(30)28-13-8-20(9-14-28)23-26-22(19(3)33-23)25(31)27-10-5-6-11-27/h16,20H,5-15H2,1-4H3. The fourth-order valence-corrected chi connectivity index (χ4v) is 5.09. The molecule has 0 aliphatic carbocycles. The van der Waals surface area contributed by atoms with E-state index in [9.17, 15) is 9.59 Å². The van der Waals surface area contributed by atoms with E-state index in [-0.39, 0.29) is 17.7 Å². The van der Waals surface area contributed by atoms with Gasteiger partial charge in [-0.2, -0.15) is 0 Å². The number of piperidine rings is 1. The molecule has 0 spiro atoms. The molecule has 0 aromatic carbocycles. The van der Waals surface area contributed by atoms with E-state index in [0.717, 1.165) is 68.7 Å². The molecule has 4 rings (SSSR count). The lowest BCUT2D eigenvalue weighted by Crippen LogP contribution is -2.38. The van der Waals surface area contributed by atoms with Crippen molar-refractivity contribution in [3.05, 3.63) is 40.4 Å². The van der Waals surface area contributed by atoms with Crippen molar-refractivity contribution in [1.82, 2.24) is 19.4 Å². The van der Waals surface area contributed by atoms with E-state index < -0.39 is 0 Å². The zero-order chi connectivity index (χ0) is 23.5. The van der Waals surface area contributed by atoms with Gasteiger partial charge in [-0.05, 0) is 58.9 Å². The minimum Gasteiger partial charge on any atom is -0.445 e. The normalized spacial score (nSPS) is 17.2. The fraction of sp³-hybridized carbons (Fsp3) is 0.640. The first kappa shape index (κ1) is 23.5. The number of hydrogen-bond acceptors (Lipinski definition) is 5. The number of hydrogen-bond donors (Lipinski definition) is 0. The summed E-state index contributed by atoms with van der Waals surface area (Å²) in [5.41, 5.74) is 3.36. The minimum atomic E-state index is -0.0199. The van der Waals surface area contributed by atoms with Gasteiger partial charge in [-0.1, -0.05) is 0 Å². The summed E-state index contributed by atoms with van der Waals surface area (Å²) in [6.45, 7) is 10.4. The first-order valence-corrected chi connectivity index (χ1v) is 12.1. The highest BCUT2D eigenvalue weighted by Gasteiger charge is 2.31. The Hall–Kier alpha value is -2.61. The van der Waals surface area contributed by atoms with Crippen LogP contribution in [-0.2, 0) is 11.3 Å². The van der Waals surface area contributed by atoms with Crippen LogP contribution < -0.4 is 0 Å². The van der Waals surface area contributed by atoms with Crippen LogP contribution in [0, 0.1) is 20.8 Å². The lowest BCUT2D eigenvalue weighted by atomic mass is 9.96. The van der Waals surface area contributed by atoms with Crippen LogP contribution in [0.5, 0.6) is 0 Å². The number of carbonyl (C=O) groups excluding carboxylic acids is 2. The fourth-order valence-electron chi connectivity index (χ4n) is 5.09. The molecule has 2 aromatic heterocycles.